The number of para-hydroxylation sites is 1. The molecule has 348 valence electrons. The lowest BCUT2D eigenvalue weighted by atomic mass is 9.49. The number of carbonyl (C=O) groups is 3. The normalized spacial score (nSPS) is 35.8. The van der Waals surface area contributed by atoms with Crippen LogP contribution in [0.4, 0.5) is 17.1 Å². The van der Waals surface area contributed by atoms with Crippen LogP contribution in [0.3, 0.4) is 0 Å². The molecule has 1 aromatic heterocycles. The highest BCUT2D eigenvalue weighted by Gasteiger charge is 2.98. The fourth-order valence-electron chi connectivity index (χ4n) is 14.7. The molecule has 2 bridgehead atoms. The Hall–Kier alpha value is -5.41. The molecule has 0 radical (unpaired) electrons. The highest BCUT2D eigenvalue weighted by atomic mass is 16.7. The number of epoxide rings is 1. The van der Waals surface area contributed by atoms with Crippen molar-refractivity contribution in [2.45, 2.75) is 99.2 Å². The van der Waals surface area contributed by atoms with Gasteiger partial charge in [-0.3, -0.25) is 19.4 Å². The third-order valence-electron chi connectivity index (χ3n) is 17.2. The third kappa shape index (κ3) is 5.35. The fourth-order valence-corrected chi connectivity index (χ4v) is 14.7. The lowest BCUT2D eigenvalue weighted by Crippen LogP contribution is -2.75. The molecule has 2 spiro atoms. The Kier molecular flexibility index (Phi) is 9.68. The Labute approximate surface area is 385 Å². The molecule has 14 nitrogen and oxygen atoms in total. The van der Waals surface area contributed by atoms with Crippen molar-refractivity contribution in [2.24, 2.45) is 11.3 Å². The summed E-state index contributed by atoms with van der Waals surface area (Å²) in [5, 5.41) is 16.7. The number of aromatic nitrogens is 1. The zero-order valence-corrected chi connectivity index (χ0v) is 39.0. The van der Waals surface area contributed by atoms with Crippen molar-refractivity contribution in [1.29, 1.82) is 0 Å². The number of piperidine rings is 1. The number of nitrogens with zero attached hydrogens (tertiary/aromatic N) is 3. The van der Waals surface area contributed by atoms with E-state index in [9.17, 15) is 14.7 Å². The number of hydrogen-bond acceptors (Lipinski definition) is 13. The molecule has 7 aliphatic rings. The van der Waals surface area contributed by atoms with Crippen molar-refractivity contribution >= 4 is 45.9 Å². The number of esters is 3. The maximum Gasteiger partial charge on any atom is 0.347 e. The quantitative estimate of drug-likeness (QED) is 0.0767. The van der Waals surface area contributed by atoms with Crippen LogP contribution in [-0.2, 0) is 50.6 Å². The van der Waals surface area contributed by atoms with Gasteiger partial charge in [-0.25, -0.2) is 4.79 Å². The monoisotopic (exact) mass is 899 g/mol. The van der Waals surface area contributed by atoms with Gasteiger partial charge < -0.3 is 44.0 Å². The Morgan fingerprint density at radius 2 is 1.73 bits per heavy atom. The molecular weight excluding hydrogens is 839 g/mol. The van der Waals surface area contributed by atoms with Crippen LogP contribution >= 0.6 is 0 Å². The first-order chi connectivity index (χ1) is 31.8. The number of ether oxygens (including phenoxy) is 5. The molecule has 1 saturated carbocycles. The molecule has 1 unspecified atom stereocenters. The molecule has 66 heavy (non-hydrogen) atoms. The number of rotatable bonds is 9. The van der Waals surface area contributed by atoms with E-state index < -0.39 is 57.2 Å². The van der Waals surface area contributed by atoms with Crippen molar-refractivity contribution in [3.63, 3.8) is 0 Å². The molecular formula is C52H61N5O9. The SMILES string of the molecule is CC[C@]1(O)C[C@H]2CN(CCc3c([nH]c4ccc(Nc5ccccc5)cc34)[C@@](C(=O)OC)(c3cc4c(cc3OC)N(C)[C@@]35O[C@]3(C(=O)OC)[C@H](OC(C)=O)[C@]3(CC)C=CCN6CC[C@]45[C@@H]63)C2)C1. The Balaban J connectivity index is 1.19. The molecule has 6 aliphatic heterocycles. The number of hydrogen-bond donors (Lipinski definition) is 3. The zero-order chi connectivity index (χ0) is 46.2. The summed E-state index contributed by atoms with van der Waals surface area (Å²) in [5.41, 5.74) is -0.229. The van der Waals surface area contributed by atoms with Crippen LogP contribution in [-0.4, -0.2) is 128 Å². The summed E-state index contributed by atoms with van der Waals surface area (Å²) in [6.45, 7) is 8.80. The van der Waals surface area contributed by atoms with Gasteiger partial charge in [0.1, 0.15) is 11.2 Å². The molecule has 3 N–H and O–H groups in total. The van der Waals surface area contributed by atoms with Gasteiger partial charge in [0.2, 0.25) is 0 Å². The van der Waals surface area contributed by atoms with Gasteiger partial charge in [-0.15, -0.1) is 0 Å². The van der Waals surface area contributed by atoms with E-state index in [1.165, 1.54) is 21.1 Å². The van der Waals surface area contributed by atoms with Gasteiger partial charge in [-0.05, 0) is 98.5 Å². The van der Waals surface area contributed by atoms with Crippen LogP contribution in [0.2, 0.25) is 0 Å². The van der Waals surface area contributed by atoms with E-state index in [0.717, 1.165) is 44.8 Å². The van der Waals surface area contributed by atoms with Gasteiger partial charge >= 0.3 is 17.9 Å². The summed E-state index contributed by atoms with van der Waals surface area (Å²) in [4.78, 5) is 54.2. The zero-order valence-electron chi connectivity index (χ0n) is 39.0. The minimum atomic E-state index is -1.68. The van der Waals surface area contributed by atoms with Gasteiger partial charge in [0, 0.05) is 96.9 Å². The maximum atomic E-state index is 15.7. The number of H-pyrrole nitrogens is 1. The molecule has 1 aliphatic carbocycles. The topological polar surface area (TPSA) is 158 Å². The molecule has 11 rings (SSSR count). The van der Waals surface area contributed by atoms with E-state index in [-0.39, 0.29) is 12.0 Å². The summed E-state index contributed by atoms with van der Waals surface area (Å²) in [6.07, 6.45) is 6.48. The highest BCUT2D eigenvalue weighted by Crippen LogP contribution is 2.80. The lowest BCUT2D eigenvalue weighted by Gasteiger charge is -2.58. The summed E-state index contributed by atoms with van der Waals surface area (Å²) in [5.74, 6) is -1.17. The molecule has 3 saturated heterocycles. The van der Waals surface area contributed by atoms with E-state index in [1.807, 2.05) is 55.3 Å². The van der Waals surface area contributed by atoms with Gasteiger partial charge in [0.15, 0.2) is 11.8 Å². The van der Waals surface area contributed by atoms with Crippen molar-refractivity contribution in [3.8, 4) is 5.75 Å². The molecule has 4 fully saturated rings. The van der Waals surface area contributed by atoms with Gasteiger partial charge in [0.05, 0.1) is 32.3 Å². The number of aromatic amines is 1. The number of anilines is 3. The maximum absolute atomic E-state index is 15.7. The van der Waals surface area contributed by atoms with E-state index in [0.29, 0.717) is 82.6 Å². The predicted molar refractivity (Wildman–Crippen MR) is 248 cm³/mol. The van der Waals surface area contributed by atoms with Crippen LogP contribution < -0.4 is 15.0 Å². The third-order valence-corrected chi connectivity index (χ3v) is 17.2. The summed E-state index contributed by atoms with van der Waals surface area (Å²) >= 11 is 0. The van der Waals surface area contributed by atoms with Crippen LogP contribution in [0.5, 0.6) is 5.75 Å². The van der Waals surface area contributed by atoms with Crippen LogP contribution in [0, 0.1) is 11.3 Å². The van der Waals surface area contributed by atoms with Crippen molar-refractivity contribution in [3.05, 3.63) is 95.2 Å². The second-order valence-corrected chi connectivity index (χ2v) is 20.0. The molecule has 0 amide bonds. The lowest BCUT2D eigenvalue weighted by molar-refractivity contribution is -0.178. The number of benzene rings is 3. The van der Waals surface area contributed by atoms with Gasteiger partial charge in [-0.1, -0.05) is 44.2 Å². The second kappa shape index (κ2) is 14.8. The number of aliphatic hydroxyl groups is 1. The van der Waals surface area contributed by atoms with Crippen LogP contribution in [0.1, 0.15) is 75.3 Å². The number of likely N-dealkylation sites (N-methyl/N-ethyl adjacent to an activating group) is 1. The first-order valence-corrected chi connectivity index (χ1v) is 23.6. The largest absolute Gasteiger partial charge is 0.496 e. The number of carbonyl (C=O) groups excluding carboxylic acids is 3. The standard InChI is InChI=1S/C52H61N5O9/c1-8-47(61)27-32-28-49(45(59)63-6,42-35(18-22-56(29-32)30-47)36-24-34(16-17-39(36)54-42)53-33-14-11-10-12-15-33)38-25-37-40(26-41(38)62-5)55(4)52-50(37)20-23-57-21-13-19-48(9-2,43(50)57)44(65-31(3)58)51(52,66-52)46(60)64-7/h10-17,19,24-26,32,43-44,53-54,61H,8-9,18,20-23,27-30H2,1-7H3/t32-,43+,44-,47+,48-,49+,50-,51+,52+/m1/s1. The molecule has 4 aromatic rings. The average Bonchev–Trinajstić information content (AvgIpc) is 3.57. The van der Waals surface area contributed by atoms with Crippen LogP contribution in [0.15, 0.2) is 72.8 Å². The predicted octanol–water partition coefficient (Wildman–Crippen LogP) is 6.10. The Morgan fingerprint density at radius 3 is 2.44 bits per heavy atom. The van der Waals surface area contributed by atoms with Crippen molar-refractivity contribution in [1.82, 2.24) is 14.8 Å². The Bertz CT molecular complexity index is 2710. The number of methoxy groups -OCH3 is 3. The molecule has 7 heterocycles. The molecule has 3 aromatic carbocycles. The van der Waals surface area contributed by atoms with Crippen molar-refractivity contribution < 1.29 is 43.2 Å². The summed E-state index contributed by atoms with van der Waals surface area (Å²) in [6, 6.07) is 20.2. The summed E-state index contributed by atoms with van der Waals surface area (Å²) < 4.78 is 31.7. The van der Waals surface area contributed by atoms with E-state index in [1.54, 1.807) is 7.11 Å². The Morgan fingerprint density at radius 1 is 0.939 bits per heavy atom. The van der Waals surface area contributed by atoms with Gasteiger partial charge in [-0.2, -0.15) is 0 Å². The van der Waals surface area contributed by atoms with E-state index >= 15 is 4.79 Å². The fraction of sp³-hybridized carbons (Fsp3) is 0.519. The first kappa shape index (κ1) is 43.2. The highest BCUT2D eigenvalue weighted by molar-refractivity contribution is 5.97. The van der Waals surface area contributed by atoms with Crippen LogP contribution in [0.25, 0.3) is 10.9 Å². The first-order valence-electron chi connectivity index (χ1n) is 23.6. The van der Waals surface area contributed by atoms with E-state index in [2.05, 4.69) is 63.4 Å². The minimum Gasteiger partial charge on any atom is -0.496 e. The minimum absolute atomic E-state index is 0.114. The molecule has 14 heteroatoms. The van der Waals surface area contributed by atoms with E-state index in [4.69, 9.17) is 23.7 Å². The molecule has 10 atom stereocenters. The smallest absolute Gasteiger partial charge is 0.347 e. The number of fused-ring (bicyclic) bond motifs is 6. The number of nitrogens with one attached hydrogen (secondary N) is 2. The second-order valence-electron chi connectivity index (χ2n) is 20.0. The van der Waals surface area contributed by atoms with Crippen molar-refractivity contribution in [2.75, 3.05) is 71.3 Å². The summed E-state index contributed by atoms with van der Waals surface area (Å²) in [7, 11) is 6.38. The average molecular weight is 900 g/mol. The van der Waals surface area contributed by atoms with Gasteiger partial charge in [0.25, 0.3) is 5.60 Å².